The van der Waals surface area contributed by atoms with Crippen LogP contribution in [0.25, 0.3) is 0 Å². The molecule has 0 aromatic heterocycles. The summed E-state index contributed by atoms with van der Waals surface area (Å²) in [5.41, 5.74) is 0. The van der Waals surface area contributed by atoms with E-state index in [0.717, 1.165) is 0 Å². The van der Waals surface area contributed by atoms with Gasteiger partial charge in [0.05, 0.1) is 5.92 Å². The van der Waals surface area contributed by atoms with E-state index < -0.39 is 83.8 Å². The van der Waals surface area contributed by atoms with Gasteiger partial charge in [0.15, 0.2) is 6.10 Å². The molecule has 0 radical (unpaired) electrons. The molecule has 0 aromatic carbocycles. The topological polar surface area (TPSA) is 143 Å². The molecule has 282 valence electrons. The quantitative estimate of drug-likeness (QED) is 0.217. The van der Waals surface area contributed by atoms with Crippen LogP contribution in [0.2, 0.25) is 0 Å². The summed E-state index contributed by atoms with van der Waals surface area (Å²) < 4.78 is 12.1. The number of carbonyl (C=O) groups excluding carboxylic acids is 6. The van der Waals surface area contributed by atoms with E-state index in [0.29, 0.717) is 44.9 Å². The van der Waals surface area contributed by atoms with E-state index in [4.69, 9.17) is 15.9 Å². The summed E-state index contributed by atoms with van der Waals surface area (Å²) in [6.45, 7) is 16.5. The minimum absolute atomic E-state index is 0.288. The van der Waals surface area contributed by atoms with E-state index in [9.17, 15) is 28.8 Å². The lowest BCUT2D eigenvalue weighted by molar-refractivity contribution is -0.172. The molecule has 2 aliphatic heterocycles. The number of fused-ring (bicyclic) bond motifs is 1. The molecule has 0 bridgehead atoms. The molecule has 0 saturated carbocycles. The number of ether oxygens (including phenoxy) is 2. The lowest BCUT2D eigenvalue weighted by Gasteiger charge is -2.37. The standard InChI is InChI=1S/C38H62N4O8/c1-13-16-17-20-28-26(10)33(43)39-29(22(4)5)35(45)40(11)30(23(6)7)37(47)50-32(25(9)15-3)36(46)42-21-18-19-27(42)34(44)41(12)31(24(8)14-2)38(48)49-28/h1,22-32H,14-21H2,2-12H3,(H,39,43)/t24-,25-,26-,27-,28+,29-,30-,31+,32-/m0/s1. The summed E-state index contributed by atoms with van der Waals surface area (Å²) in [6, 6.07) is -3.93. The lowest BCUT2D eigenvalue weighted by atomic mass is 9.94. The summed E-state index contributed by atoms with van der Waals surface area (Å²) in [5.74, 6) is -3.04. The zero-order valence-corrected chi connectivity index (χ0v) is 32.2. The van der Waals surface area contributed by atoms with Gasteiger partial charge in [0.25, 0.3) is 5.91 Å². The maximum Gasteiger partial charge on any atom is 0.329 e. The minimum Gasteiger partial charge on any atom is -0.460 e. The predicted octanol–water partition coefficient (Wildman–Crippen LogP) is 3.80. The van der Waals surface area contributed by atoms with Crippen molar-refractivity contribution in [2.75, 3.05) is 20.6 Å². The molecule has 9 atom stereocenters. The van der Waals surface area contributed by atoms with Crippen molar-refractivity contribution < 1.29 is 38.2 Å². The molecule has 12 heteroatoms. The Morgan fingerprint density at radius 1 is 0.820 bits per heavy atom. The number of likely N-dealkylation sites (N-methyl/N-ethyl adjacent to an activating group) is 2. The highest BCUT2D eigenvalue weighted by Gasteiger charge is 2.46. The number of hydrogen-bond donors (Lipinski definition) is 1. The summed E-state index contributed by atoms with van der Waals surface area (Å²) in [6.07, 6.45) is 6.60. The van der Waals surface area contributed by atoms with Crippen LogP contribution in [0.1, 0.15) is 107 Å². The minimum atomic E-state index is -1.20. The second kappa shape index (κ2) is 19.1. The maximum absolute atomic E-state index is 14.2. The molecule has 0 aromatic rings. The molecular weight excluding hydrogens is 640 g/mol. The number of esters is 2. The molecule has 2 aliphatic rings. The third-order valence-corrected chi connectivity index (χ3v) is 10.6. The van der Waals surface area contributed by atoms with Gasteiger partial charge < -0.3 is 29.5 Å². The van der Waals surface area contributed by atoms with Crippen molar-refractivity contribution in [3.8, 4) is 12.3 Å². The average Bonchev–Trinajstić information content (AvgIpc) is 3.56. The van der Waals surface area contributed by atoms with E-state index in [1.807, 2.05) is 27.7 Å². The smallest absolute Gasteiger partial charge is 0.329 e. The van der Waals surface area contributed by atoms with E-state index in [-0.39, 0.29) is 24.3 Å². The summed E-state index contributed by atoms with van der Waals surface area (Å²) >= 11 is 0. The fourth-order valence-electron chi connectivity index (χ4n) is 6.87. The molecule has 0 spiro atoms. The van der Waals surface area contributed by atoms with Gasteiger partial charge in [0, 0.05) is 33.0 Å². The first-order valence-corrected chi connectivity index (χ1v) is 18.4. The molecule has 1 N–H and O–H groups in total. The van der Waals surface area contributed by atoms with E-state index in [2.05, 4.69) is 11.2 Å². The van der Waals surface area contributed by atoms with Gasteiger partial charge in [-0.1, -0.05) is 68.7 Å². The van der Waals surface area contributed by atoms with Crippen LogP contribution in [0.15, 0.2) is 0 Å². The van der Waals surface area contributed by atoms with Crippen LogP contribution < -0.4 is 5.32 Å². The average molecular weight is 703 g/mol. The SMILES string of the molecule is C#CCCC[C@H]1OC(=O)[C@@H]([C@@H](C)CC)N(C)C(=O)[C@@H]2CCCN2C(=O)[C@H]([C@@H](C)CC)OC(=O)[C@H](C(C)C)N(C)C(=O)[C@H](C(C)C)NC(=O)[C@H]1C. The molecule has 50 heavy (non-hydrogen) atoms. The van der Waals surface area contributed by atoms with Crippen molar-refractivity contribution in [2.45, 2.75) is 144 Å². The van der Waals surface area contributed by atoms with Crippen molar-refractivity contribution in [1.29, 1.82) is 0 Å². The van der Waals surface area contributed by atoms with Gasteiger partial charge in [-0.25, -0.2) is 9.59 Å². The van der Waals surface area contributed by atoms with Crippen molar-refractivity contribution in [3.05, 3.63) is 0 Å². The van der Waals surface area contributed by atoms with Gasteiger partial charge >= 0.3 is 11.9 Å². The predicted molar refractivity (Wildman–Crippen MR) is 190 cm³/mol. The summed E-state index contributed by atoms with van der Waals surface area (Å²) in [4.78, 5) is 88.5. The third-order valence-electron chi connectivity index (χ3n) is 10.6. The van der Waals surface area contributed by atoms with Crippen LogP contribution in [-0.4, -0.2) is 107 Å². The highest BCUT2D eigenvalue weighted by molar-refractivity contribution is 5.95. The molecular formula is C38H62N4O8. The number of unbranched alkanes of at least 4 members (excludes halogenated alkanes) is 1. The molecule has 2 saturated heterocycles. The molecule has 2 fully saturated rings. The van der Waals surface area contributed by atoms with Crippen molar-refractivity contribution in [3.63, 3.8) is 0 Å². The zero-order chi connectivity index (χ0) is 38.0. The summed E-state index contributed by atoms with van der Waals surface area (Å²) in [5, 5.41) is 2.86. The fraction of sp³-hybridized carbons (Fsp3) is 0.789. The third kappa shape index (κ3) is 10.0. The van der Waals surface area contributed by atoms with Crippen LogP contribution in [0, 0.1) is 41.9 Å². The second-order valence-electron chi connectivity index (χ2n) is 14.9. The Morgan fingerprint density at radius 2 is 1.40 bits per heavy atom. The van der Waals surface area contributed by atoms with Crippen LogP contribution in [-0.2, 0) is 38.2 Å². The summed E-state index contributed by atoms with van der Waals surface area (Å²) in [7, 11) is 3.04. The second-order valence-corrected chi connectivity index (χ2v) is 14.9. The Hall–Kier alpha value is -3.62. The molecule has 2 rings (SSSR count). The van der Waals surface area contributed by atoms with Gasteiger partial charge in [0.2, 0.25) is 17.7 Å². The number of amides is 4. The molecule has 0 unspecified atom stereocenters. The largest absolute Gasteiger partial charge is 0.460 e. The first-order chi connectivity index (χ1) is 23.4. The van der Waals surface area contributed by atoms with Gasteiger partial charge in [-0.15, -0.1) is 12.3 Å². The van der Waals surface area contributed by atoms with Crippen LogP contribution in [0.5, 0.6) is 0 Å². The van der Waals surface area contributed by atoms with Crippen molar-refractivity contribution >= 4 is 35.6 Å². The maximum atomic E-state index is 14.2. The number of carbonyl (C=O) groups is 6. The Kier molecular flexibility index (Phi) is 16.3. The van der Waals surface area contributed by atoms with Crippen LogP contribution >= 0.6 is 0 Å². The van der Waals surface area contributed by atoms with E-state index >= 15 is 0 Å². The number of hydrogen-bond acceptors (Lipinski definition) is 8. The Morgan fingerprint density at radius 3 is 1.94 bits per heavy atom. The molecule has 2 heterocycles. The Labute approximate surface area is 299 Å². The Bertz CT molecular complexity index is 1260. The normalized spacial score (nSPS) is 29.4. The van der Waals surface area contributed by atoms with Gasteiger partial charge in [-0.2, -0.15) is 0 Å². The fourth-order valence-corrected chi connectivity index (χ4v) is 6.87. The van der Waals surface area contributed by atoms with Crippen molar-refractivity contribution in [2.24, 2.45) is 29.6 Å². The monoisotopic (exact) mass is 702 g/mol. The highest BCUT2D eigenvalue weighted by Crippen LogP contribution is 2.28. The van der Waals surface area contributed by atoms with E-state index in [1.165, 1.54) is 21.7 Å². The van der Waals surface area contributed by atoms with Gasteiger partial charge in [0.1, 0.15) is 30.3 Å². The highest BCUT2D eigenvalue weighted by atomic mass is 16.6. The van der Waals surface area contributed by atoms with Crippen molar-refractivity contribution in [1.82, 2.24) is 20.0 Å². The Balaban J connectivity index is 2.76. The number of rotatable bonds is 9. The first kappa shape index (κ1) is 42.5. The zero-order valence-electron chi connectivity index (χ0n) is 32.2. The number of cyclic esters (lactones) is 2. The van der Waals surface area contributed by atoms with Crippen LogP contribution in [0.4, 0.5) is 0 Å². The van der Waals surface area contributed by atoms with Gasteiger partial charge in [-0.3, -0.25) is 19.2 Å². The molecule has 12 nitrogen and oxygen atoms in total. The van der Waals surface area contributed by atoms with Crippen LogP contribution in [0.3, 0.4) is 0 Å². The lowest BCUT2D eigenvalue weighted by Crippen LogP contribution is -2.58. The number of nitrogens with one attached hydrogen (secondary N) is 1. The number of terminal acetylenes is 1. The number of nitrogens with zero attached hydrogens (tertiary/aromatic N) is 3. The molecule has 4 amide bonds. The van der Waals surface area contributed by atoms with E-state index in [1.54, 1.807) is 41.7 Å². The molecule has 0 aliphatic carbocycles. The van der Waals surface area contributed by atoms with Gasteiger partial charge in [-0.05, 0) is 49.9 Å². The first-order valence-electron chi connectivity index (χ1n) is 18.4.